The summed E-state index contributed by atoms with van der Waals surface area (Å²) >= 11 is 0. The van der Waals surface area contributed by atoms with Crippen molar-refractivity contribution < 1.29 is 14.7 Å². The van der Waals surface area contributed by atoms with Crippen LogP contribution in [0.1, 0.15) is 6.42 Å². The van der Waals surface area contributed by atoms with E-state index in [0.717, 1.165) is 11.9 Å². The molecule has 130 valence electrons. The van der Waals surface area contributed by atoms with E-state index < -0.39 is 17.8 Å². The molecule has 1 saturated carbocycles. The standard InChI is InChI=1S/C18H19N3O4/c1-20-12-6-5-11(8-13(12)21(2)18(20)25)19-16(22)14-9-3-4-10(7-9)15(14)17(23)24/h3-6,8-10,14-15H,7H2,1-2H3,(H,19,22)(H,23,24). The number of carboxylic acids is 1. The van der Waals surface area contributed by atoms with E-state index in [-0.39, 0.29) is 23.4 Å². The molecule has 4 atom stereocenters. The zero-order valence-electron chi connectivity index (χ0n) is 14.0. The van der Waals surface area contributed by atoms with Crippen LogP contribution in [-0.2, 0) is 23.7 Å². The molecule has 4 rings (SSSR count). The Hall–Kier alpha value is -2.83. The third-order valence-electron chi connectivity index (χ3n) is 5.59. The van der Waals surface area contributed by atoms with E-state index in [2.05, 4.69) is 5.32 Å². The number of carbonyl (C=O) groups excluding carboxylic acids is 1. The summed E-state index contributed by atoms with van der Waals surface area (Å²) < 4.78 is 3.06. The molecule has 7 nitrogen and oxygen atoms in total. The third kappa shape index (κ3) is 2.22. The van der Waals surface area contributed by atoms with Crippen molar-refractivity contribution in [2.24, 2.45) is 37.8 Å². The van der Waals surface area contributed by atoms with Gasteiger partial charge in [0.15, 0.2) is 0 Å². The predicted molar refractivity (Wildman–Crippen MR) is 92.1 cm³/mol. The van der Waals surface area contributed by atoms with E-state index in [1.807, 2.05) is 12.2 Å². The SMILES string of the molecule is Cn1c(=O)n(C)c2cc(NC(=O)C3C4C=CC(C4)C3C(=O)O)ccc21. The van der Waals surface area contributed by atoms with Gasteiger partial charge in [0.05, 0.1) is 22.9 Å². The Morgan fingerprint density at radius 1 is 1.08 bits per heavy atom. The number of hydrogen-bond acceptors (Lipinski definition) is 3. The quantitative estimate of drug-likeness (QED) is 0.824. The molecule has 0 spiro atoms. The van der Waals surface area contributed by atoms with E-state index >= 15 is 0 Å². The van der Waals surface area contributed by atoms with Gasteiger partial charge in [-0.2, -0.15) is 0 Å². The molecule has 2 aromatic rings. The summed E-state index contributed by atoms with van der Waals surface area (Å²) in [5.41, 5.74) is 1.92. The molecule has 0 aliphatic heterocycles. The first-order chi connectivity index (χ1) is 11.9. The van der Waals surface area contributed by atoms with Gasteiger partial charge in [0, 0.05) is 19.8 Å². The van der Waals surface area contributed by atoms with E-state index in [9.17, 15) is 19.5 Å². The van der Waals surface area contributed by atoms with E-state index in [0.29, 0.717) is 11.2 Å². The average molecular weight is 341 g/mol. The zero-order chi connectivity index (χ0) is 17.9. The Labute approximate surface area is 143 Å². The van der Waals surface area contributed by atoms with Gasteiger partial charge in [-0.1, -0.05) is 12.2 Å². The Morgan fingerprint density at radius 3 is 2.40 bits per heavy atom. The monoisotopic (exact) mass is 341 g/mol. The maximum atomic E-state index is 12.7. The van der Waals surface area contributed by atoms with Crippen LogP contribution >= 0.6 is 0 Å². The van der Waals surface area contributed by atoms with Crippen LogP contribution in [0.4, 0.5) is 5.69 Å². The first kappa shape index (κ1) is 15.7. The largest absolute Gasteiger partial charge is 0.481 e. The molecule has 4 unspecified atom stereocenters. The smallest absolute Gasteiger partial charge is 0.328 e. The number of carbonyl (C=O) groups is 2. The van der Waals surface area contributed by atoms with Crippen molar-refractivity contribution in [1.29, 1.82) is 0 Å². The van der Waals surface area contributed by atoms with Crippen molar-refractivity contribution >= 4 is 28.6 Å². The van der Waals surface area contributed by atoms with Gasteiger partial charge in [-0.25, -0.2) is 4.79 Å². The van der Waals surface area contributed by atoms with Gasteiger partial charge < -0.3 is 10.4 Å². The van der Waals surface area contributed by atoms with Crippen molar-refractivity contribution in [3.63, 3.8) is 0 Å². The fourth-order valence-electron chi connectivity index (χ4n) is 4.33. The molecule has 1 heterocycles. The number of hydrogen-bond donors (Lipinski definition) is 2. The number of anilines is 1. The van der Waals surface area contributed by atoms with Gasteiger partial charge >= 0.3 is 11.7 Å². The molecular formula is C18H19N3O4. The Morgan fingerprint density at radius 2 is 1.72 bits per heavy atom. The number of allylic oxidation sites excluding steroid dienone is 2. The van der Waals surface area contributed by atoms with Crippen LogP contribution in [0.2, 0.25) is 0 Å². The van der Waals surface area contributed by atoms with Crippen molar-refractivity contribution in [3.05, 3.63) is 40.8 Å². The summed E-state index contributed by atoms with van der Waals surface area (Å²) in [5, 5.41) is 12.3. The highest BCUT2D eigenvalue weighted by atomic mass is 16.4. The fourth-order valence-corrected chi connectivity index (χ4v) is 4.33. The lowest BCUT2D eigenvalue weighted by Crippen LogP contribution is -2.36. The number of fused-ring (bicyclic) bond motifs is 3. The molecule has 2 aliphatic rings. The van der Waals surface area contributed by atoms with Crippen LogP contribution in [0.15, 0.2) is 35.1 Å². The molecule has 25 heavy (non-hydrogen) atoms. The van der Waals surface area contributed by atoms with Gasteiger partial charge in [-0.05, 0) is 36.5 Å². The zero-order valence-corrected chi connectivity index (χ0v) is 14.0. The molecule has 1 aromatic heterocycles. The number of aryl methyl sites for hydroxylation is 2. The van der Waals surface area contributed by atoms with Crippen molar-refractivity contribution in [2.45, 2.75) is 6.42 Å². The number of amides is 1. The molecule has 1 aromatic carbocycles. The molecule has 2 N–H and O–H groups in total. The minimum absolute atomic E-state index is 0.0177. The number of rotatable bonds is 3. The van der Waals surface area contributed by atoms with Crippen LogP contribution in [0.5, 0.6) is 0 Å². The van der Waals surface area contributed by atoms with Crippen LogP contribution < -0.4 is 11.0 Å². The van der Waals surface area contributed by atoms with Crippen LogP contribution in [-0.4, -0.2) is 26.1 Å². The summed E-state index contributed by atoms with van der Waals surface area (Å²) in [6.07, 6.45) is 4.60. The van der Waals surface area contributed by atoms with Crippen molar-refractivity contribution in [2.75, 3.05) is 5.32 Å². The van der Waals surface area contributed by atoms with Crippen LogP contribution in [0.25, 0.3) is 11.0 Å². The number of aliphatic carboxylic acids is 1. The highest BCUT2D eigenvalue weighted by molar-refractivity contribution is 5.97. The van der Waals surface area contributed by atoms with Gasteiger partial charge in [-0.15, -0.1) is 0 Å². The van der Waals surface area contributed by atoms with Gasteiger partial charge in [0.2, 0.25) is 5.91 Å². The summed E-state index contributed by atoms with van der Waals surface area (Å²) in [6.45, 7) is 0. The first-order valence-electron chi connectivity index (χ1n) is 8.26. The lowest BCUT2D eigenvalue weighted by Gasteiger charge is -2.23. The summed E-state index contributed by atoms with van der Waals surface area (Å²) in [6, 6.07) is 5.26. The second-order valence-corrected chi connectivity index (χ2v) is 6.93. The molecular weight excluding hydrogens is 322 g/mol. The Balaban J connectivity index is 1.64. The van der Waals surface area contributed by atoms with Gasteiger partial charge in [0.25, 0.3) is 0 Å². The van der Waals surface area contributed by atoms with E-state index in [1.165, 1.54) is 4.57 Å². The molecule has 2 bridgehead atoms. The molecule has 1 amide bonds. The molecule has 1 fully saturated rings. The second kappa shape index (κ2) is 5.34. The van der Waals surface area contributed by atoms with Crippen molar-refractivity contribution in [3.8, 4) is 0 Å². The number of aromatic nitrogens is 2. The van der Waals surface area contributed by atoms with E-state index in [1.54, 1.807) is 36.9 Å². The number of nitrogens with zero attached hydrogens (tertiary/aromatic N) is 2. The number of imidazole rings is 1. The third-order valence-corrected chi connectivity index (χ3v) is 5.59. The molecule has 7 heteroatoms. The molecule has 2 aliphatic carbocycles. The van der Waals surface area contributed by atoms with Gasteiger partial charge in [-0.3, -0.25) is 18.7 Å². The maximum absolute atomic E-state index is 12.7. The van der Waals surface area contributed by atoms with Crippen LogP contribution in [0.3, 0.4) is 0 Å². The summed E-state index contributed by atoms with van der Waals surface area (Å²) in [4.78, 5) is 36.3. The highest BCUT2D eigenvalue weighted by Crippen LogP contribution is 2.48. The van der Waals surface area contributed by atoms with Gasteiger partial charge in [0.1, 0.15) is 0 Å². The highest BCUT2D eigenvalue weighted by Gasteiger charge is 2.51. The predicted octanol–water partition coefficient (Wildman–Crippen LogP) is 1.34. The Kier molecular flexibility index (Phi) is 3.35. The van der Waals surface area contributed by atoms with Crippen molar-refractivity contribution in [1.82, 2.24) is 9.13 Å². The fraction of sp³-hybridized carbons (Fsp3) is 0.389. The minimum Gasteiger partial charge on any atom is -0.481 e. The molecule has 0 radical (unpaired) electrons. The average Bonchev–Trinajstić information content (AvgIpc) is 3.25. The molecule has 0 saturated heterocycles. The topological polar surface area (TPSA) is 93.3 Å². The lowest BCUT2D eigenvalue weighted by molar-refractivity contribution is -0.146. The normalized spacial score (nSPS) is 27.1. The second-order valence-electron chi connectivity index (χ2n) is 6.93. The summed E-state index contributed by atoms with van der Waals surface area (Å²) in [5.74, 6) is -2.49. The number of nitrogens with one attached hydrogen (secondary N) is 1. The number of carboxylic acid groups (broad SMARTS) is 1. The van der Waals surface area contributed by atoms with E-state index in [4.69, 9.17) is 0 Å². The maximum Gasteiger partial charge on any atom is 0.328 e. The summed E-state index contributed by atoms with van der Waals surface area (Å²) in [7, 11) is 3.37. The Bertz CT molecular complexity index is 984. The first-order valence-corrected chi connectivity index (χ1v) is 8.26. The number of benzene rings is 1. The van der Waals surface area contributed by atoms with Crippen LogP contribution in [0, 0.1) is 23.7 Å². The lowest BCUT2D eigenvalue weighted by atomic mass is 9.82. The minimum atomic E-state index is -0.919.